The van der Waals surface area contributed by atoms with Crippen LogP contribution in [0.2, 0.25) is 0 Å². The van der Waals surface area contributed by atoms with Crippen molar-refractivity contribution in [2.45, 2.75) is 31.1 Å². The maximum Gasteiger partial charge on any atom is 0.156 e. The molecule has 0 saturated heterocycles. The number of pyridine rings is 1. The highest BCUT2D eigenvalue weighted by atomic mass is 15.0. The van der Waals surface area contributed by atoms with Gasteiger partial charge in [-0.2, -0.15) is 0 Å². The molecule has 1 aliphatic heterocycles. The summed E-state index contributed by atoms with van der Waals surface area (Å²) in [5.74, 6) is 0.934. The first-order valence-electron chi connectivity index (χ1n) is 7.00. The molecule has 94 valence electrons. The van der Waals surface area contributed by atoms with Crippen LogP contribution in [0.4, 0.5) is 5.82 Å². The molecule has 0 bridgehead atoms. The van der Waals surface area contributed by atoms with Crippen LogP contribution in [0.3, 0.4) is 0 Å². The molecule has 2 heterocycles. The van der Waals surface area contributed by atoms with Gasteiger partial charge in [0.15, 0.2) is 5.82 Å². The first kappa shape index (κ1) is 10.9. The SMILES string of the molecule is c1ccc(C2=Nc3ncccc3C23CCCC3)cc1. The zero-order valence-electron chi connectivity index (χ0n) is 10.8. The Balaban J connectivity index is 1.92. The molecular weight excluding hydrogens is 232 g/mol. The van der Waals surface area contributed by atoms with E-state index in [0.717, 1.165) is 5.82 Å². The summed E-state index contributed by atoms with van der Waals surface area (Å²) in [6.07, 6.45) is 6.85. The van der Waals surface area contributed by atoms with Crippen molar-refractivity contribution in [2.75, 3.05) is 0 Å². The molecule has 2 nitrogen and oxygen atoms in total. The van der Waals surface area contributed by atoms with Crippen molar-refractivity contribution in [3.8, 4) is 0 Å². The fourth-order valence-corrected chi connectivity index (χ4v) is 3.62. The summed E-state index contributed by atoms with van der Waals surface area (Å²) in [7, 11) is 0. The molecule has 1 aromatic heterocycles. The molecular formula is C17H16N2. The molecule has 4 rings (SSSR count). The van der Waals surface area contributed by atoms with Crippen LogP contribution in [0.5, 0.6) is 0 Å². The van der Waals surface area contributed by atoms with E-state index in [4.69, 9.17) is 4.99 Å². The smallest absolute Gasteiger partial charge is 0.156 e. The van der Waals surface area contributed by atoms with Gasteiger partial charge in [-0.3, -0.25) is 0 Å². The van der Waals surface area contributed by atoms with Gasteiger partial charge in [0, 0.05) is 17.2 Å². The van der Waals surface area contributed by atoms with E-state index in [1.54, 1.807) is 0 Å². The Morgan fingerprint density at radius 2 is 1.68 bits per heavy atom. The van der Waals surface area contributed by atoms with Crippen molar-refractivity contribution < 1.29 is 0 Å². The second-order valence-corrected chi connectivity index (χ2v) is 5.49. The monoisotopic (exact) mass is 248 g/mol. The number of aromatic nitrogens is 1. The van der Waals surface area contributed by atoms with E-state index in [-0.39, 0.29) is 5.41 Å². The molecule has 0 unspecified atom stereocenters. The number of nitrogens with zero attached hydrogens (tertiary/aromatic N) is 2. The van der Waals surface area contributed by atoms with Crippen LogP contribution in [-0.4, -0.2) is 10.7 Å². The molecule has 0 atom stereocenters. The molecule has 1 spiro atoms. The van der Waals surface area contributed by atoms with Crippen LogP contribution in [0.1, 0.15) is 36.8 Å². The molecule has 1 aromatic carbocycles. The topological polar surface area (TPSA) is 25.2 Å². The summed E-state index contributed by atoms with van der Waals surface area (Å²) >= 11 is 0. The highest BCUT2D eigenvalue weighted by molar-refractivity contribution is 6.12. The molecule has 1 fully saturated rings. The van der Waals surface area contributed by atoms with E-state index >= 15 is 0 Å². The first-order chi connectivity index (χ1) is 9.40. The number of hydrogen-bond donors (Lipinski definition) is 0. The van der Waals surface area contributed by atoms with Crippen LogP contribution in [0.15, 0.2) is 53.7 Å². The molecule has 1 aliphatic carbocycles. The lowest BCUT2D eigenvalue weighted by atomic mass is 9.74. The third-order valence-electron chi connectivity index (χ3n) is 4.48. The maximum atomic E-state index is 4.86. The van der Waals surface area contributed by atoms with Gasteiger partial charge in [0.1, 0.15) is 0 Å². The van der Waals surface area contributed by atoms with E-state index in [1.165, 1.54) is 42.5 Å². The predicted molar refractivity (Wildman–Crippen MR) is 77.0 cm³/mol. The standard InChI is InChI=1S/C17H16N2/c1-2-7-13(8-3-1)15-17(10-4-5-11-17)14-9-6-12-18-16(14)19-15/h1-3,6-9,12H,4-5,10-11H2. The summed E-state index contributed by atoms with van der Waals surface area (Å²) in [6, 6.07) is 14.9. The van der Waals surface area contributed by atoms with Crippen molar-refractivity contribution in [1.29, 1.82) is 0 Å². The van der Waals surface area contributed by atoms with E-state index in [0.29, 0.717) is 0 Å². The highest BCUT2D eigenvalue weighted by Gasteiger charge is 2.46. The third-order valence-corrected chi connectivity index (χ3v) is 4.48. The van der Waals surface area contributed by atoms with Crippen LogP contribution in [-0.2, 0) is 5.41 Å². The molecule has 1 saturated carbocycles. The van der Waals surface area contributed by atoms with Gasteiger partial charge in [0.25, 0.3) is 0 Å². The average molecular weight is 248 g/mol. The zero-order chi connectivity index (χ0) is 12.7. The van der Waals surface area contributed by atoms with Gasteiger partial charge < -0.3 is 0 Å². The lowest BCUT2D eigenvalue weighted by Crippen LogP contribution is -2.30. The fraction of sp³-hybridized carbons (Fsp3) is 0.294. The number of hydrogen-bond acceptors (Lipinski definition) is 2. The number of fused-ring (bicyclic) bond motifs is 2. The normalized spacial score (nSPS) is 19.5. The quantitative estimate of drug-likeness (QED) is 0.748. The first-order valence-corrected chi connectivity index (χ1v) is 7.00. The van der Waals surface area contributed by atoms with Gasteiger partial charge in [-0.05, 0) is 24.5 Å². The zero-order valence-corrected chi connectivity index (χ0v) is 10.8. The fourth-order valence-electron chi connectivity index (χ4n) is 3.62. The Labute approximate surface area is 113 Å². The summed E-state index contributed by atoms with van der Waals surface area (Å²) in [6.45, 7) is 0. The minimum Gasteiger partial charge on any atom is -0.237 e. The molecule has 0 N–H and O–H groups in total. The highest BCUT2D eigenvalue weighted by Crippen LogP contribution is 2.50. The van der Waals surface area contributed by atoms with Crippen molar-refractivity contribution in [3.05, 3.63) is 59.8 Å². The van der Waals surface area contributed by atoms with Gasteiger partial charge in [-0.25, -0.2) is 9.98 Å². The van der Waals surface area contributed by atoms with Crippen LogP contribution in [0, 0.1) is 0 Å². The molecule has 2 aromatic rings. The minimum atomic E-state index is 0.130. The number of rotatable bonds is 1. The van der Waals surface area contributed by atoms with Crippen LogP contribution < -0.4 is 0 Å². The second-order valence-electron chi connectivity index (χ2n) is 5.49. The molecule has 2 heteroatoms. The van der Waals surface area contributed by atoms with E-state index in [9.17, 15) is 0 Å². The molecule has 19 heavy (non-hydrogen) atoms. The molecule has 0 amide bonds. The van der Waals surface area contributed by atoms with Crippen LogP contribution in [0.25, 0.3) is 0 Å². The van der Waals surface area contributed by atoms with Crippen molar-refractivity contribution >= 4 is 11.5 Å². The number of aliphatic imine (C=N–C) groups is 1. The largest absolute Gasteiger partial charge is 0.237 e. The Hall–Kier alpha value is -1.96. The van der Waals surface area contributed by atoms with Gasteiger partial charge in [0.05, 0.1) is 5.71 Å². The predicted octanol–water partition coefficient (Wildman–Crippen LogP) is 4.03. The minimum absolute atomic E-state index is 0.130. The summed E-state index contributed by atoms with van der Waals surface area (Å²) in [5, 5.41) is 0. The van der Waals surface area contributed by atoms with Crippen molar-refractivity contribution in [2.24, 2.45) is 4.99 Å². The Bertz CT molecular complexity index is 637. The van der Waals surface area contributed by atoms with Gasteiger partial charge >= 0.3 is 0 Å². The van der Waals surface area contributed by atoms with E-state index in [1.807, 2.05) is 12.3 Å². The van der Waals surface area contributed by atoms with Gasteiger partial charge in [-0.15, -0.1) is 0 Å². The average Bonchev–Trinajstić information content (AvgIpc) is 3.08. The lowest BCUT2D eigenvalue weighted by molar-refractivity contribution is 0.612. The summed E-state index contributed by atoms with van der Waals surface area (Å²) in [5.41, 5.74) is 3.96. The van der Waals surface area contributed by atoms with Gasteiger partial charge in [0.2, 0.25) is 0 Å². The lowest BCUT2D eigenvalue weighted by Gasteiger charge is -2.26. The summed E-state index contributed by atoms with van der Waals surface area (Å²) in [4.78, 5) is 9.33. The van der Waals surface area contributed by atoms with Crippen molar-refractivity contribution in [1.82, 2.24) is 4.98 Å². The number of benzene rings is 1. The molecule has 2 aliphatic rings. The Morgan fingerprint density at radius 1 is 0.895 bits per heavy atom. The van der Waals surface area contributed by atoms with E-state index in [2.05, 4.69) is 41.4 Å². The molecule has 0 radical (unpaired) electrons. The third kappa shape index (κ3) is 1.49. The van der Waals surface area contributed by atoms with Crippen molar-refractivity contribution in [3.63, 3.8) is 0 Å². The van der Waals surface area contributed by atoms with E-state index < -0.39 is 0 Å². The second kappa shape index (κ2) is 4.02. The van der Waals surface area contributed by atoms with Gasteiger partial charge in [-0.1, -0.05) is 49.2 Å². The summed E-state index contributed by atoms with van der Waals surface area (Å²) < 4.78 is 0. The Morgan fingerprint density at radius 3 is 2.47 bits per heavy atom. The maximum absolute atomic E-state index is 4.86. The Kier molecular flexibility index (Phi) is 2.31. The van der Waals surface area contributed by atoms with Crippen LogP contribution >= 0.6 is 0 Å².